The van der Waals surface area contributed by atoms with Gasteiger partial charge in [-0.05, 0) is 57.9 Å². The third-order valence-electron chi connectivity index (χ3n) is 7.07. The van der Waals surface area contributed by atoms with Crippen LogP contribution in [0.15, 0.2) is 84.9 Å². The van der Waals surface area contributed by atoms with Crippen molar-refractivity contribution in [3.8, 4) is 0 Å². The number of benzene rings is 6. The van der Waals surface area contributed by atoms with Gasteiger partial charge in [0.15, 0.2) is 0 Å². The van der Waals surface area contributed by atoms with Crippen LogP contribution in [0.2, 0.25) is 10.0 Å². The number of ketones is 2. The second-order valence-corrected chi connectivity index (χ2v) is 10.1. The largest absolute Gasteiger partial charge is 0.478 e. The highest BCUT2D eigenvalue weighted by Gasteiger charge is 2.33. The number of carbonyl (C=O) groups excluding carboxylic acids is 2. The Labute approximate surface area is 253 Å². The molecule has 7 rings (SSSR count). The maximum atomic E-state index is 12.2. The SMILES string of the molecule is C.O=C(O)c1ccc(Cl)c2cc3ccccc3c(C(=O)O)c12.O=C1C(=O)c2c3ccccc3cc3c(Cl)ccc1c23.OO. The number of hydrogen-bond donors (Lipinski definition) is 4. The van der Waals surface area contributed by atoms with E-state index < -0.39 is 23.5 Å². The molecule has 10 heteroatoms. The first kappa shape index (κ1) is 31.1. The lowest BCUT2D eigenvalue weighted by atomic mass is 9.93. The zero-order valence-corrected chi connectivity index (χ0v) is 22.8. The molecular weight excluding hydrogens is 595 g/mol. The van der Waals surface area contributed by atoms with E-state index in [0.717, 1.165) is 16.2 Å². The van der Waals surface area contributed by atoms with E-state index in [9.17, 15) is 29.4 Å². The Kier molecular flexibility index (Phi) is 8.80. The van der Waals surface area contributed by atoms with E-state index in [1.165, 1.54) is 12.1 Å². The Morgan fingerprint density at radius 2 is 1.09 bits per heavy atom. The Balaban J connectivity index is 0.000000183. The molecule has 8 nitrogen and oxygen atoms in total. The third-order valence-corrected chi connectivity index (χ3v) is 7.73. The number of fused-ring (bicyclic) bond motifs is 4. The Morgan fingerprint density at radius 1 is 0.581 bits per heavy atom. The van der Waals surface area contributed by atoms with Gasteiger partial charge in [-0.25, -0.2) is 9.59 Å². The molecule has 0 saturated heterocycles. The molecular formula is C33H22Cl2O8. The predicted octanol–water partition coefficient (Wildman–Crippen LogP) is 8.72. The summed E-state index contributed by atoms with van der Waals surface area (Å²) < 4.78 is 0. The molecule has 0 amide bonds. The first-order chi connectivity index (χ1) is 20.2. The lowest BCUT2D eigenvalue weighted by Gasteiger charge is -2.11. The van der Waals surface area contributed by atoms with Gasteiger partial charge < -0.3 is 10.2 Å². The smallest absolute Gasteiger partial charge is 0.336 e. The summed E-state index contributed by atoms with van der Waals surface area (Å²) in [5.74, 6) is -3.23. The normalized spacial score (nSPS) is 11.5. The van der Waals surface area contributed by atoms with Gasteiger partial charge in [0.1, 0.15) is 0 Å². The zero-order chi connectivity index (χ0) is 30.3. The summed E-state index contributed by atoms with van der Waals surface area (Å²) in [5.41, 5.74) is 0.848. The van der Waals surface area contributed by atoms with Crippen LogP contribution >= 0.6 is 23.2 Å². The van der Waals surface area contributed by atoms with Gasteiger partial charge in [0, 0.05) is 42.7 Å². The van der Waals surface area contributed by atoms with Gasteiger partial charge in [-0.2, -0.15) is 0 Å². The van der Waals surface area contributed by atoms with Crippen LogP contribution in [0.4, 0.5) is 0 Å². The average molecular weight is 617 g/mol. The summed E-state index contributed by atoms with van der Waals surface area (Å²) in [6.07, 6.45) is 0. The van der Waals surface area contributed by atoms with E-state index in [1.807, 2.05) is 30.3 Å². The lowest BCUT2D eigenvalue weighted by molar-refractivity contribution is -0.176. The van der Waals surface area contributed by atoms with Gasteiger partial charge in [-0.1, -0.05) is 79.2 Å². The standard InChI is InChI=1S/C16H9ClO4.C16H7ClO2.CH4.H2O2/c17-12-6-5-10(15(18)19)13-11(12)7-8-3-1-2-4-9(8)14(13)16(20)21;17-12-6-5-10-13-11(12)7-8-3-1-2-4-9(8)14(13)16(19)15(10)18;;1-2/h1-7H,(H,18,19)(H,20,21);1-7H;1H4;1-2H. The van der Waals surface area contributed by atoms with Crippen molar-refractivity contribution in [2.75, 3.05) is 0 Å². The first-order valence-electron chi connectivity index (χ1n) is 12.2. The molecule has 0 saturated carbocycles. The van der Waals surface area contributed by atoms with Crippen LogP contribution < -0.4 is 0 Å². The molecule has 43 heavy (non-hydrogen) atoms. The van der Waals surface area contributed by atoms with Gasteiger partial charge in [0.05, 0.1) is 11.1 Å². The minimum atomic E-state index is -1.19. The van der Waals surface area contributed by atoms with Crippen molar-refractivity contribution in [2.24, 2.45) is 0 Å². The van der Waals surface area contributed by atoms with Crippen molar-refractivity contribution in [3.63, 3.8) is 0 Å². The number of halogens is 2. The van der Waals surface area contributed by atoms with E-state index in [-0.39, 0.29) is 23.9 Å². The second kappa shape index (κ2) is 12.2. The average Bonchev–Trinajstić information content (AvgIpc) is 3.25. The zero-order valence-electron chi connectivity index (χ0n) is 21.3. The minimum absolute atomic E-state index is 0. The molecule has 0 bridgehead atoms. The highest BCUT2D eigenvalue weighted by atomic mass is 35.5. The molecule has 1 aliphatic carbocycles. The molecule has 1 aliphatic rings. The molecule has 6 aromatic carbocycles. The van der Waals surface area contributed by atoms with Crippen LogP contribution in [0.1, 0.15) is 48.9 Å². The van der Waals surface area contributed by atoms with Crippen LogP contribution in [0.3, 0.4) is 0 Å². The summed E-state index contributed by atoms with van der Waals surface area (Å²) >= 11 is 12.3. The van der Waals surface area contributed by atoms with Gasteiger partial charge >= 0.3 is 11.9 Å². The predicted molar refractivity (Wildman–Crippen MR) is 167 cm³/mol. The van der Waals surface area contributed by atoms with Crippen LogP contribution in [0.5, 0.6) is 0 Å². The molecule has 0 atom stereocenters. The summed E-state index contributed by atoms with van der Waals surface area (Å²) in [5, 5.41) is 36.7. The number of carboxylic acids is 2. The number of rotatable bonds is 2. The molecule has 0 heterocycles. The minimum Gasteiger partial charge on any atom is -0.478 e. The van der Waals surface area contributed by atoms with Gasteiger partial charge in [-0.15, -0.1) is 0 Å². The number of Topliss-reactive ketones (excluding diaryl/α,β-unsaturated/α-hetero) is 2. The summed E-state index contributed by atoms with van der Waals surface area (Å²) in [6, 6.07) is 24.2. The quantitative estimate of drug-likeness (QED) is 0.0652. The van der Waals surface area contributed by atoms with E-state index in [4.69, 9.17) is 33.7 Å². The monoisotopic (exact) mass is 616 g/mol. The lowest BCUT2D eigenvalue weighted by Crippen LogP contribution is -2.06. The number of hydrogen-bond acceptors (Lipinski definition) is 6. The van der Waals surface area contributed by atoms with Crippen molar-refractivity contribution in [1.29, 1.82) is 0 Å². The van der Waals surface area contributed by atoms with Gasteiger partial charge in [-0.3, -0.25) is 20.1 Å². The van der Waals surface area contributed by atoms with Crippen molar-refractivity contribution >= 4 is 89.8 Å². The molecule has 216 valence electrons. The van der Waals surface area contributed by atoms with Crippen molar-refractivity contribution in [2.45, 2.75) is 7.43 Å². The van der Waals surface area contributed by atoms with Crippen molar-refractivity contribution in [1.82, 2.24) is 0 Å². The molecule has 0 radical (unpaired) electrons. The fraction of sp³-hybridized carbons (Fsp3) is 0.0303. The Bertz CT molecular complexity index is 2140. The van der Waals surface area contributed by atoms with Crippen molar-refractivity contribution in [3.05, 3.63) is 117 Å². The maximum absolute atomic E-state index is 12.2. The van der Waals surface area contributed by atoms with E-state index in [2.05, 4.69) is 0 Å². The highest BCUT2D eigenvalue weighted by molar-refractivity contribution is 6.60. The molecule has 6 aromatic rings. The number of carboxylic acid groups (broad SMARTS) is 2. The fourth-order valence-electron chi connectivity index (χ4n) is 5.35. The van der Waals surface area contributed by atoms with Crippen LogP contribution in [-0.2, 0) is 0 Å². The highest BCUT2D eigenvalue weighted by Crippen LogP contribution is 2.39. The first-order valence-corrected chi connectivity index (χ1v) is 13.0. The fourth-order valence-corrected chi connectivity index (χ4v) is 5.78. The van der Waals surface area contributed by atoms with Crippen LogP contribution in [-0.4, -0.2) is 44.2 Å². The third kappa shape index (κ3) is 5.07. The molecule has 4 N–H and O–H groups in total. The summed E-state index contributed by atoms with van der Waals surface area (Å²) in [6.45, 7) is 0. The van der Waals surface area contributed by atoms with Crippen molar-refractivity contribution < 1.29 is 39.9 Å². The molecule has 0 unspecified atom stereocenters. The Morgan fingerprint density at radius 3 is 1.67 bits per heavy atom. The van der Waals surface area contributed by atoms with E-state index in [0.29, 0.717) is 42.7 Å². The van der Waals surface area contributed by atoms with Crippen LogP contribution in [0.25, 0.3) is 43.1 Å². The molecule has 0 aliphatic heterocycles. The van der Waals surface area contributed by atoms with E-state index >= 15 is 0 Å². The number of aromatic carboxylic acids is 2. The van der Waals surface area contributed by atoms with Crippen LogP contribution in [0, 0.1) is 0 Å². The second-order valence-electron chi connectivity index (χ2n) is 9.25. The van der Waals surface area contributed by atoms with Gasteiger partial charge in [0.25, 0.3) is 0 Å². The molecule has 0 aromatic heterocycles. The topological polar surface area (TPSA) is 149 Å². The Hall–Kier alpha value is -4.86. The summed E-state index contributed by atoms with van der Waals surface area (Å²) in [4.78, 5) is 47.3. The van der Waals surface area contributed by atoms with E-state index in [1.54, 1.807) is 42.5 Å². The van der Waals surface area contributed by atoms with Gasteiger partial charge in [0.2, 0.25) is 11.6 Å². The maximum Gasteiger partial charge on any atom is 0.336 e. The molecule has 0 spiro atoms. The number of carbonyl (C=O) groups is 4. The summed E-state index contributed by atoms with van der Waals surface area (Å²) in [7, 11) is 0. The molecule has 0 fully saturated rings.